The second-order valence-corrected chi connectivity index (χ2v) is 5.12. The van der Waals surface area contributed by atoms with Crippen molar-refractivity contribution in [2.75, 3.05) is 12.4 Å². The summed E-state index contributed by atoms with van der Waals surface area (Å²) in [5, 5.41) is 6.59. The predicted molar refractivity (Wildman–Crippen MR) is 79.2 cm³/mol. The van der Waals surface area contributed by atoms with Crippen LogP contribution in [0.3, 0.4) is 0 Å². The maximum absolute atomic E-state index is 12.1. The molecule has 0 saturated carbocycles. The lowest BCUT2D eigenvalue weighted by Crippen LogP contribution is -2.12. The zero-order valence-corrected chi connectivity index (χ0v) is 12.1. The van der Waals surface area contributed by atoms with Crippen LogP contribution in [0.15, 0.2) is 35.0 Å². The van der Waals surface area contributed by atoms with Gasteiger partial charge in [0.15, 0.2) is 0 Å². The van der Waals surface area contributed by atoms with Crippen LogP contribution in [0, 0.1) is 6.92 Å². The van der Waals surface area contributed by atoms with Crippen molar-refractivity contribution in [3.8, 4) is 0 Å². The molecule has 0 unspecified atom stereocenters. The maximum Gasteiger partial charge on any atom is 0.309 e. The molecule has 4 nitrogen and oxygen atoms in total. The van der Waals surface area contributed by atoms with Crippen LogP contribution in [0.1, 0.15) is 21.5 Å². The van der Waals surface area contributed by atoms with Crippen LogP contribution in [0.2, 0.25) is 0 Å². The van der Waals surface area contributed by atoms with Crippen LogP contribution in [0.4, 0.5) is 5.69 Å². The monoisotopic (exact) mass is 289 g/mol. The first kappa shape index (κ1) is 14.3. The summed E-state index contributed by atoms with van der Waals surface area (Å²) in [5.74, 6) is -0.443. The van der Waals surface area contributed by atoms with E-state index in [0.717, 1.165) is 11.1 Å². The molecule has 0 aliphatic rings. The second-order valence-electron chi connectivity index (χ2n) is 4.38. The van der Waals surface area contributed by atoms with Gasteiger partial charge in [0, 0.05) is 11.1 Å². The molecule has 1 N–H and O–H groups in total. The van der Waals surface area contributed by atoms with E-state index >= 15 is 0 Å². The van der Waals surface area contributed by atoms with E-state index in [2.05, 4.69) is 10.1 Å². The highest BCUT2D eigenvalue weighted by Crippen LogP contribution is 2.17. The number of methoxy groups -OCH3 is 1. The molecule has 1 aromatic heterocycles. The van der Waals surface area contributed by atoms with E-state index in [9.17, 15) is 9.59 Å². The van der Waals surface area contributed by atoms with Crippen molar-refractivity contribution in [2.45, 2.75) is 13.3 Å². The summed E-state index contributed by atoms with van der Waals surface area (Å²) >= 11 is 1.50. The number of anilines is 1. The van der Waals surface area contributed by atoms with Gasteiger partial charge in [0.05, 0.1) is 19.1 Å². The Bertz CT molecular complexity index is 634. The smallest absolute Gasteiger partial charge is 0.309 e. The Morgan fingerprint density at radius 3 is 2.75 bits per heavy atom. The number of ether oxygens (including phenoxy) is 1. The number of esters is 1. The maximum atomic E-state index is 12.1. The van der Waals surface area contributed by atoms with E-state index in [1.165, 1.54) is 18.4 Å². The Balaban J connectivity index is 2.10. The summed E-state index contributed by atoms with van der Waals surface area (Å²) in [4.78, 5) is 23.3. The lowest BCUT2D eigenvalue weighted by Gasteiger charge is -2.07. The zero-order chi connectivity index (χ0) is 14.5. The van der Waals surface area contributed by atoms with Crippen molar-refractivity contribution < 1.29 is 14.3 Å². The van der Waals surface area contributed by atoms with Gasteiger partial charge in [-0.15, -0.1) is 0 Å². The highest BCUT2D eigenvalue weighted by molar-refractivity contribution is 7.08. The van der Waals surface area contributed by atoms with Gasteiger partial charge < -0.3 is 10.1 Å². The zero-order valence-electron chi connectivity index (χ0n) is 11.3. The van der Waals surface area contributed by atoms with Crippen LogP contribution in [-0.2, 0) is 16.0 Å². The molecule has 20 heavy (non-hydrogen) atoms. The summed E-state index contributed by atoms with van der Waals surface area (Å²) in [6.07, 6.45) is 0.192. The number of carbonyl (C=O) groups excluding carboxylic acids is 2. The third-order valence-electron chi connectivity index (χ3n) is 2.86. The van der Waals surface area contributed by atoms with E-state index in [4.69, 9.17) is 0 Å². The number of amides is 1. The summed E-state index contributed by atoms with van der Waals surface area (Å²) in [5.41, 5.74) is 3.10. The molecule has 2 rings (SSSR count). The van der Waals surface area contributed by atoms with Gasteiger partial charge in [-0.2, -0.15) is 11.3 Å². The quantitative estimate of drug-likeness (QED) is 0.880. The number of thiophene rings is 1. The van der Waals surface area contributed by atoms with Gasteiger partial charge in [-0.3, -0.25) is 9.59 Å². The average molecular weight is 289 g/mol. The first-order valence-electron chi connectivity index (χ1n) is 6.10. The summed E-state index contributed by atoms with van der Waals surface area (Å²) in [6, 6.07) is 7.19. The van der Waals surface area contributed by atoms with Gasteiger partial charge in [-0.1, -0.05) is 12.1 Å². The van der Waals surface area contributed by atoms with Gasteiger partial charge in [0.1, 0.15) is 0 Å². The molecule has 0 spiro atoms. The van der Waals surface area contributed by atoms with E-state index < -0.39 is 0 Å². The Morgan fingerprint density at radius 2 is 2.10 bits per heavy atom. The van der Waals surface area contributed by atoms with Gasteiger partial charge in [0.2, 0.25) is 0 Å². The van der Waals surface area contributed by atoms with Crippen LogP contribution in [0.5, 0.6) is 0 Å². The highest BCUT2D eigenvalue weighted by Gasteiger charge is 2.10. The standard InChI is InChI=1S/C15H15NO3S/c1-10-8-20-9-13(10)15(18)16-12-5-3-4-11(6-12)7-14(17)19-2/h3-6,8-9H,7H2,1-2H3,(H,16,18). The van der Waals surface area contributed by atoms with Crippen LogP contribution >= 0.6 is 11.3 Å². The number of rotatable bonds is 4. The molecule has 0 radical (unpaired) electrons. The van der Waals surface area contributed by atoms with Crippen molar-refractivity contribution in [3.05, 3.63) is 51.7 Å². The van der Waals surface area contributed by atoms with Crippen molar-refractivity contribution in [2.24, 2.45) is 0 Å². The van der Waals surface area contributed by atoms with Gasteiger partial charge >= 0.3 is 5.97 Å². The van der Waals surface area contributed by atoms with Crippen LogP contribution in [-0.4, -0.2) is 19.0 Å². The Kier molecular flexibility index (Phi) is 4.53. The fraction of sp³-hybridized carbons (Fsp3) is 0.200. The van der Waals surface area contributed by atoms with Crippen molar-refractivity contribution in [1.82, 2.24) is 0 Å². The van der Waals surface area contributed by atoms with Gasteiger partial charge in [-0.25, -0.2) is 0 Å². The first-order valence-corrected chi connectivity index (χ1v) is 7.04. The second kappa shape index (κ2) is 6.34. The Hall–Kier alpha value is -2.14. The van der Waals surface area contributed by atoms with Crippen LogP contribution in [0.25, 0.3) is 0 Å². The summed E-state index contributed by atoms with van der Waals surface area (Å²) in [7, 11) is 1.35. The minimum absolute atomic E-state index is 0.140. The van der Waals surface area contributed by atoms with E-state index in [1.807, 2.05) is 23.8 Å². The molecule has 1 amide bonds. The minimum atomic E-state index is -0.304. The van der Waals surface area contributed by atoms with E-state index in [-0.39, 0.29) is 18.3 Å². The lowest BCUT2D eigenvalue weighted by atomic mass is 10.1. The molecular weight excluding hydrogens is 274 g/mol. The Labute approximate surface area is 121 Å². The van der Waals surface area contributed by atoms with Crippen molar-refractivity contribution in [3.63, 3.8) is 0 Å². The molecule has 2 aromatic rings. The Morgan fingerprint density at radius 1 is 1.30 bits per heavy atom. The first-order chi connectivity index (χ1) is 9.60. The molecule has 0 fully saturated rings. The number of hydrogen-bond donors (Lipinski definition) is 1. The largest absolute Gasteiger partial charge is 0.469 e. The van der Waals surface area contributed by atoms with Gasteiger partial charge in [0.25, 0.3) is 5.91 Å². The third kappa shape index (κ3) is 3.45. The van der Waals surface area contributed by atoms with Crippen molar-refractivity contribution in [1.29, 1.82) is 0 Å². The molecule has 0 bridgehead atoms. The lowest BCUT2D eigenvalue weighted by molar-refractivity contribution is -0.139. The van der Waals surface area contributed by atoms with Crippen LogP contribution < -0.4 is 5.32 Å². The molecule has 0 aliphatic heterocycles. The molecule has 0 saturated heterocycles. The number of carbonyl (C=O) groups is 2. The SMILES string of the molecule is COC(=O)Cc1cccc(NC(=O)c2cscc2C)c1. The molecule has 0 atom stereocenters. The fourth-order valence-electron chi connectivity index (χ4n) is 1.79. The summed E-state index contributed by atoms with van der Waals surface area (Å²) in [6.45, 7) is 1.90. The molecule has 1 heterocycles. The molecule has 5 heteroatoms. The number of nitrogens with one attached hydrogen (secondary N) is 1. The number of aryl methyl sites for hydroxylation is 1. The predicted octanol–water partition coefficient (Wildman–Crippen LogP) is 3.02. The fourth-order valence-corrected chi connectivity index (χ4v) is 2.62. The number of hydrogen-bond acceptors (Lipinski definition) is 4. The van der Waals surface area contributed by atoms with E-state index in [0.29, 0.717) is 11.3 Å². The number of benzene rings is 1. The molecular formula is C15H15NO3S. The molecule has 0 aliphatic carbocycles. The highest BCUT2D eigenvalue weighted by atomic mass is 32.1. The third-order valence-corrected chi connectivity index (χ3v) is 3.72. The topological polar surface area (TPSA) is 55.4 Å². The minimum Gasteiger partial charge on any atom is -0.469 e. The molecule has 104 valence electrons. The van der Waals surface area contributed by atoms with E-state index in [1.54, 1.807) is 18.2 Å². The average Bonchev–Trinajstić information content (AvgIpc) is 2.85. The molecule has 1 aromatic carbocycles. The normalized spacial score (nSPS) is 10.1. The summed E-state index contributed by atoms with van der Waals surface area (Å²) < 4.78 is 4.62. The van der Waals surface area contributed by atoms with Crippen molar-refractivity contribution >= 4 is 28.9 Å². The van der Waals surface area contributed by atoms with Gasteiger partial charge in [-0.05, 0) is 35.6 Å².